The molecular weight excluding hydrogens is 258 g/mol. The summed E-state index contributed by atoms with van der Waals surface area (Å²) in [4.78, 5) is 16.4. The molecule has 0 spiro atoms. The van der Waals surface area contributed by atoms with Gasteiger partial charge in [0, 0.05) is 11.8 Å². The second kappa shape index (κ2) is 5.23. The lowest BCUT2D eigenvalue weighted by atomic mass is 9.94. The molecule has 0 saturated carbocycles. The standard InChI is InChI=1S/C15H15NO2S/c1-10-16-13(9-19-10)14(17)8-15-12-5-3-2-4-11(12)6-7-18-15/h2-5,9,15H,6-8H2,1H3. The molecule has 0 saturated heterocycles. The van der Waals surface area contributed by atoms with Gasteiger partial charge < -0.3 is 4.74 Å². The van der Waals surface area contributed by atoms with E-state index in [1.165, 1.54) is 16.9 Å². The Morgan fingerprint density at radius 1 is 1.47 bits per heavy atom. The molecule has 2 aromatic rings. The zero-order valence-electron chi connectivity index (χ0n) is 10.8. The Kier molecular flexibility index (Phi) is 3.44. The molecule has 3 nitrogen and oxygen atoms in total. The fraction of sp³-hybridized carbons (Fsp3) is 0.333. The smallest absolute Gasteiger partial charge is 0.184 e. The number of ketones is 1. The van der Waals surface area contributed by atoms with Gasteiger partial charge in [-0.25, -0.2) is 4.98 Å². The van der Waals surface area contributed by atoms with Crippen LogP contribution < -0.4 is 0 Å². The van der Waals surface area contributed by atoms with E-state index in [2.05, 4.69) is 17.1 Å². The number of carbonyl (C=O) groups is 1. The lowest BCUT2D eigenvalue weighted by molar-refractivity contribution is 0.0350. The molecular formula is C15H15NO2S. The van der Waals surface area contributed by atoms with E-state index in [0.29, 0.717) is 18.7 Å². The van der Waals surface area contributed by atoms with Crippen LogP contribution in [0, 0.1) is 6.92 Å². The van der Waals surface area contributed by atoms with Crippen molar-refractivity contribution in [3.05, 3.63) is 51.5 Å². The molecule has 1 unspecified atom stereocenters. The van der Waals surface area contributed by atoms with Gasteiger partial charge in [-0.2, -0.15) is 0 Å². The number of nitrogens with zero attached hydrogens (tertiary/aromatic N) is 1. The van der Waals surface area contributed by atoms with Crippen LogP contribution in [-0.2, 0) is 11.2 Å². The maximum Gasteiger partial charge on any atom is 0.184 e. The van der Waals surface area contributed by atoms with Gasteiger partial charge in [-0.15, -0.1) is 11.3 Å². The number of thiazole rings is 1. The van der Waals surface area contributed by atoms with Crippen molar-refractivity contribution in [3.63, 3.8) is 0 Å². The van der Waals surface area contributed by atoms with E-state index >= 15 is 0 Å². The Hall–Kier alpha value is -1.52. The number of aromatic nitrogens is 1. The summed E-state index contributed by atoms with van der Waals surface area (Å²) in [7, 11) is 0. The number of benzene rings is 1. The van der Waals surface area contributed by atoms with Crippen molar-refractivity contribution in [1.82, 2.24) is 4.98 Å². The summed E-state index contributed by atoms with van der Waals surface area (Å²) in [5.41, 5.74) is 3.00. The highest BCUT2D eigenvalue weighted by atomic mass is 32.1. The molecule has 4 heteroatoms. The van der Waals surface area contributed by atoms with Gasteiger partial charge in [0.2, 0.25) is 0 Å². The van der Waals surface area contributed by atoms with E-state index in [9.17, 15) is 4.79 Å². The van der Waals surface area contributed by atoms with Crippen LogP contribution in [0.15, 0.2) is 29.6 Å². The topological polar surface area (TPSA) is 39.2 Å². The third kappa shape index (κ3) is 2.60. The predicted octanol–water partition coefficient (Wildman–Crippen LogP) is 3.34. The van der Waals surface area contributed by atoms with E-state index < -0.39 is 0 Å². The van der Waals surface area contributed by atoms with Gasteiger partial charge in [0.25, 0.3) is 0 Å². The summed E-state index contributed by atoms with van der Waals surface area (Å²) in [5.74, 6) is 0.0612. The van der Waals surface area contributed by atoms with Gasteiger partial charge in [-0.1, -0.05) is 24.3 Å². The Morgan fingerprint density at radius 2 is 2.32 bits per heavy atom. The first kappa shape index (κ1) is 12.5. The molecule has 0 amide bonds. The van der Waals surface area contributed by atoms with Gasteiger partial charge in [0.05, 0.1) is 17.7 Å². The van der Waals surface area contributed by atoms with Crippen LogP contribution in [0.25, 0.3) is 0 Å². The molecule has 1 aliphatic rings. The molecule has 19 heavy (non-hydrogen) atoms. The lowest BCUT2D eigenvalue weighted by Gasteiger charge is -2.25. The number of fused-ring (bicyclic) bond motifs is 1. The Labute approximate surface area is 116 Å². The molecule has 98 valence electrons. The summed E-state index contributed by atoms with van der Waals surface area (Å²) in [6, 6.07) is 8.20. The molecule has 0 bridgehead atoms. The normalized spacial score (nSPS) is 18.1. The van der Waals surface area contributed by atoms with Crippen LogP contribution >= 0.6 is 11.3 Å². The molecule has 0 radical (unpaired) electrons. The van der Waals surface area contributed by atoms with Crippen molar-refractivity contribution in [2.45, 2.75) is 25.9 Å². The minimum atomic E-state index is -0.126. The molecule has 1 aromatic carbocycles. The molecule has 0 N–H and O–H groups in total. The molecule has 0 fully saturated rings. The summed E-state index contributed by atoms with van der Waals surface area (Å²) in [5, 5.41) is 2.75. The van der Waals surface area contributed by atoms with E-state index in [4.69, 9.17) is 4.74 Å². The van der Waals surface area contributed by atoms with E-state index in [1.807, 2.05) is 24.4 Å². The average Bonchev–Trinajstić information content (AvgIpc) is 2.86. The molecule has 1 aromatic heterocycles. The van der Waals surface area contributed by atoms with Gasteiger partial charge in [0.1, 0.15) is 5.69 Å². The van der Waals surface area contributed by atoms with Crippen LogP contribution in [0.5, 0.6) is 0 Å². The first-order chi connectivity index (χ1) is 9.24. The van der Waals surface area contributed by atoms with Crippen molar-refractivity contribution in [2.75, 3.05) is 6.61 Å². The second-order valence-electron chi connectivity index (χ2n) is 4.69. The minimum absolute atomic E-state index is 0.0612. The maximum absolute atomic E-state index is 12.2. The van der Waals surface area contributed by atoms with Crippen LogP contribution in [0.4, 0.5) is 0 Å². The quantitative estimate of drug-likeness (QED) is 0.805. The lowest BCUT2D eigenvalue weighted by Crippen LogP contribution is -2.19. The largest absolute Gasteiger partial charge is 0.373 e. The van der Waals surface area contributed by atoms with Crippen LogP contribution in [0.2, 0.25) is 0 Å². The number of hydrogen-bond donors (Lipinski definition) is 0. The average molecular weight is 273 g/mol. The molecule has 1 atom stereocenters. The molecule has 0 aliphatic carbocycles. The fourth-order valence-corrected chi connectivity index (χ4v) is 3.03. The zero-order valence-corrected chi connectivity index (χ0v) is 11.6. The van der Waals surface area contributed by atoms with E-state index in [-0.39, 0.29) is 11.9 Å². The molecule has 1 aliphatic heterocycles. The second-order valence-corrected chi connectivity index (χ2v) is 5.75. The molecule has 3 rings (SSSR count). The number of carbonyl (C=O) groups excluding carboxylic acids is 1. The summed E-state index contributed by atoms with van der Waals surface area (Å²) in [6.45, 7) is 2.60. The van der Waals surface area contributed by atoms with Gasteiger partial charge in [-0.3, -0.25) is 4.79 Å². The number of ether oxygens (including phenoxy) is 1. The van der Waals surface area contributed by atoms with Gasteiger partial charge in [0.15, 0.2) is 5.78 Å². The zero-order chi connectivity index (χ0) is 13.2. The van der Waals surface area contributed by atoms with Crippen molar-refractivity contribution in [3.8, 4) is 0 Å². The first-order valence-corrected chi connectivity index (χ1v) is 7.27. The number of rotatable bonds is 3. The number of hydrogen-bond acceptors (Lipinski definition) is 4. The van der Waals surface area contributed by atoms with Crippen LogP contribution in [0.1, 0.15) is 39.1 Å². The number of aryl methyl sites for hydroxylation is 1. The van der Waals surface area contributed by atoms with E-state index in [1.54, 1.807) is 0 Å². The highest BCUT2D eigenvalue weighted by molar-refractivity contribution is 7.09. The third-order valence-corrected chi connectivity index (χ3v) is 4.14. The van der Waals surface area contributed by atoms with Crippen molar-refractivity contribution < 1.29 is 9.53 Å². The summed E-state index contributed by atoms with van der Waals surface area (Å²) < 4.78 is 5.76. The predicted molar refractivity (Wildman–Crippen MR) is 74.6 cm³/mol. The van der Waals surface area contributed by atoms with E-state index in [0.717, 1.165) is 17.0 Å². The molecule has 2 heterocycles. The Morgan fingerprint density at radius 3 is 3.11 bits per heavy atom. The van der Waals surface area contributed by atoms with Crippen LogP contribution in [0.3, 0.4) is 0 Å². The monoisotopic (exact) mass is 273 g/mol. The Balaban J connectivity index is 1.79. The number of Topliss-reactive ketones (excluding diaryl/α,β-unsaturated/α-hetero) is 1. The minimum Gasteiger partial charge on any atom is -0.373 e. The highest BCUT2D eigenvalue weighted by Crippen LogP contribution is 2.30. The maximum atomic E-state index is 12.2. The van der Waals surface area contributed by atoms with Gasteiger partial charge >= 0.3 is 0 Å². The first-order valence-electron chi connectivity index (χ1n) is 6.39. The van der Waals surface area contributed by atoms with Crippen LogP contribution in [-0.4, -0.2) is 17.4 Å². The SMILES string of the molecule is Cc1nc(C(=O)CC2OCCc3ccccc32)cs1. The van der Waals surface area contributed by atoms with Gasteiger partial charge in [-0.05, 0) is 24.5 Å². The van der Waals surface area contributed by atoms with Crippen molar-refractivity contribution in [2.24, 2.45) is 0 Å². The van der Waals surface area contributed by atoms with Crippen molar-refractivity contribution in [1.29, 1.82) is 0 Å². The summed E-state index contributed by atoms with van der Waals surface area (Å²) in [6.07, 6.45) is 1.18. The highest BCUT2D eigenvalue weighted by Gasteiger charge is 2.24. The van der Waals surface area contributed by atoms with Crippen molar-refractivity contribution >= 4 is 17.1 Å². The third-order valence-electron chi connectivity index (χ3n) is 3.37. The Bertz CT molecular complexity index is 606. The fourth-order valence-electron chi connectivity index (χ4n) is 2.41. The summed E-state index contributed by atoms with van der Waals surface area (Å²) >= 11 is 1.51.